The fourth-order valence-corrected chi connectivity index (χ4v) is 3.63. The molecule has 136 valence electrons. The van der Waals surface area contributed by atoms with E-state index in [9.17, 15) is 4.79 Å². The summed E-state index contributed by atoms with van der Waals surface area (Å²) < 4.78 is 3.85. The quantitative estimate of drug-likeness (QED) is 0.872. The van der Waals surface area contributed by atoms with Crippen molar-refractivity contribution in [1.82, 2.24) is 24.9 Å². The van der Waals surface area contributed by atoms with E-state index < -0.39 is 0 Å². The van der Waals surface area contributed by atoms with Crippen LogP contribution in [0.25, 0.3) is 0 Å². The summed E-state index contributed by atoms with van der Waals surface area (Å²) in [5.41, 5.74) is 5.15. The second-order valence-corrected chi connectivity index (χ2v) is 6.85. The first-order valence-corrected chi connectivity index (χ1v) is 9.04. The second kappa shape index (κ2) is 7.00. The topological polar surface area (TPSA) is 76.8 Å². The maximum atomic E-state index is 12.6. The number of hydrogen-bond donors (Lipinski definition) is 2. The van der Waals surface area contributed by atoms with Crippen molar-refractivity contribution in [2.24, 2.45) is 7.05 Å². The van der Waals surface area contributed by atoms with Gasteiger partial charge in [0.25, 0.3) is 0 Å². The molecule has 2 heterocycles. The SMILES string of the molecule is CCn1ncc2c1CCCC2NC(C)C(=O)Nc1c(C)nn(C)c1C. The molecule has 0 aromatic carbocycles. The van der Waals surface area contributed by atoms with Crippen molar-refractivity contribution in [3.63, 3.8) is 0 Å². The van der Waals surface area contributed by atoms with E-state index in [1.165, 1.54) is 11.3 Å². The Morgan fingerprint density at radius 3 is 2.84 bits per heavy atom. The molecule has 1 aliphatic carbocycles. The lowest BCUT2D eigenvalue weighted by atomic mass is 9.92. The molecule has 0 fully saturated rings. The van der Waals surface area contributed by atoms with E-state index in [-0.39, 0.29) is 18.0 Å². The summed E-state index contributed by atoms with van der Waals surface area (Å²) in [7, 11) is 1.88. The molecule has 2 unspecified atom stereocenters. The van der Waals surface area contributed by atoms with Crippen molar-refractivity contribution >= 4 is 11.6 Å². The number of amides is 1. The minimum atomic E-state index is -0.292. The van der Waals surface area contributed by atoms with Crippen LogP contribution < -0.4 is 10.6 Å². The van der Waals surface area contributed by atoms with Crippen LogP contribution in [0.3, 0.4) is 0 Å². The van der Waals surface area contributed by atoms with E-state index in [1.54, 1.807) is 4.68 Å². The highest BCUT2D eigenvalue weighted by molar-refractivity contribution is 5.95. The highest BCUT2D eigenvalue weighted by atomic mass is 16.2. The molecule has 7 nitrogen and oxygen atoms in total. The minimum absolute atomic E-state index is 0.0331. The fraction of sp³-hybridized carbons (Fsp3) is 0.611. The van der Waals surface area contributed by atoms with Crippen LogP contribution in [0.2, 0.25) is 0 Å². The van der Waals surface area contributed by atoms with Crippen LogP contribution in [0.4, 0.5) is 5.69 Å². The van der Waals surface area contributed by atoms with Gasteiger partial charge in [0.15, 0.2) is 0 Å². The Kier molecular flexibility index (Phi) is 4.94. The molecule has 0 aliphatic heterocycles. The van der Waals surface area contributed by atoms with Gasteiger partial charge in [0.05, 0.1) is 29.3 Å². The van der Waals surface area contributed by atoms with E-state index in [0.29, 0.717) is 0 Å². The Hall–Kier alpha value is -2.15. The van der Waals surface area contributed by atoms with Crippen LogP contribution in [0.15, 0.2) is 6.20 Å². The Morgan fingerprint density at radius 2 is 2.20 bits per heavy atom. The summed E-state index contributed by atoms with van der Waals surface area (Å²) in [5, 5.41) is 15.3. The highest BCUT2D eigenvalue weighted by Gasteiger charge is 2.27. The summed E-state index contributed by atoms with van der Waals surface area (Å²) in [4.78, 5) is 12.6. The molecular formula is C18H28N6O. The molecule has 0 spiro atoms. The van der Waals surface area contributed by atoms with Crippen molar-refractivity contribution in [1.29, 1.82) is 0 Å². The third-order valence-corrected chi connectivity index (χ3v) is 5.16. The molecule has 2 aromatic heterocycles. The average molecular weight is 344 g/mol. The summed E-state index contributed by atoms with van der Waals surface area (Å²) in [6, 6.07) is -0.110. The minimum Gasteiger partial charge on any atom is -0.322 e. The number of aryl methyl sites for hydroxylation is 3. The molecule has 0 saturated heterocycles. The summed E-state index contributed by atoms with van der Waals surface area (Å²) in [6.45, 7) is 8.78. The number of aromatic nitrogens is 4. The number of anilines is 1. The molecule has 0 bridgehead atoms. The van der Waals surface area contributed by atoms with E-state index in [1.807, 2.05) is 34.0 Å². The monoisotopic (exact) mass is 344 g/mol. The molecule has 2 N–H and O–H groups in total. The number of carbonyl (C=O) groups is 1. The zero-order valence-corrected chi connectivity index (χ0v) is 15.8. The largest absolute Gasteiger partial charge is 0.322 e. The van der Waals surface area contributed by atoms with Crippen LogP contribution in [-0.4, -0.2) is 31.5 Å². The Labute approximate surface area is 148 Å². The highest BCUT2D eigenvalue weighted by Crippen LogP contribution is 2.30. The fourth-order valence-electron chi connectivity index (χ4n) is 3.63. The zero-order chi connectivity index (χ0) is 18.1. The van der Waals surface area contributed by atoms with Crippen LogP contribution >= 0.6 is 0 Å². The van der Waals surface area contributed by atoms with Gasteiger partial charge in [0.2, 0.25) is 5.91 Å². The van der Waals surface area contributed by atoms with Gasteiger partial charge in [-0.15, -0.1) is 0 Å². The molecule has 1 aliphatic rings. The van der Waals surface area contributed by atoms with Gasteiger partial charge in [-0.2, -0.15) is 10.2 Å². The standard InChI is InChI=1S/C18H28N6O/c1-6-24-16-9-7-8-15(14(16)10-19-24)20-12(3)18(25)21-17-11(2)22-23(5)13(17)4/h10,12,15,20H,6-9H2,1-5H3,(H,21,25). The van der Waals surface area contributed by atoms with E-state index >= 15 is 0 Å². The van der Waals surface area contributed by atoms with Gasteiger partial charge in [-0.3, -0.25) is 19.5 Å². The number of fused-ring (bicyclic) bond motifs is 1. The van der Waals surface area contributed by atoms with Crippen LogP contribution in [0.1, 0.15) is 55.4 Å². The summed E-state index contributed by atoms with van der Waals surface area (Å²) in [5.74, 6) is -0.0331. The van der Waals surface area contributed by atoms with Crippen molar-refractivity contribution in [2.75, 3.05) is 5.32 Å². The van der Waals surface area contributed by atoms with Crippen LogP contribution in [-0.2, 0) is 24.8 Å². The van der Waals surface area contributed by atoms with Crippen molar-refractivity contribution < 1.29 is 4.79 Å². The lowest BCUT2D eigenvalue weighted by molar-refractivity contribution is -0.118. The third-order valence-electron chi connectivity index (χ3n) is 5.16. The first-order valence-electron chi connectivity index (χ1n) is 9.04. The lowest BCUT2D eigenvalue weighted by Crippen LogP contribution is -2.41. The molecule has 3 rings (SSSR count). The smallest absolute Gasteiger partial charge is 0.241 e. The van der Waals surface area contributed by atoms with E-state index in [4.69, 9.17) is 0 Å². The molecule has 1 amide bonds. The van der Waals surface area contributed by atoms with Gasteiger partial charge in [0, 0.05) is 30.9 Å². The van der Waals surface area contributed by atoms with Gasteiger partial charge in [0.1, 0.15) is 0 Å². The van der Waals surface area contributed by atoms with Gasteiger partial charge in [-0.1, -0.05) is 0 Å². The zero-order valence-electron chi connectivity index (χ0n) is 15.8. The average Bonchev–Trinajstić information content (AvgIpc) is 3.11. The molecule has 7 heteroatoms. The summed E-state index contributed by atoms with van der Waals surface area (Å²) >= 11 is 0. The molecule has 25 heavy (non-hydrogen) atoms. The predicted octanol–water partition coefficient (Wildman–Crippen LogP) is 2.25. The normalized spacial score (nSPS) is 18.0. The van der Waals surface area contributed by atoms with Gasteiger partial charge >= 0.3 is 0 Å². The Bertz CT molecular complexity index is 775. The Morgan fingerprint density at radius 1 is 1.44 bits per heavy atom. The molecule has 2 atom stereocenters. The lowest BCUT2D eigenvalue weighted by Gasteiger charge is -2.27. The van der Waals surface area contributed by atoms with E-state index in [0.717, 1.165) is 42.9 Å². The van der Waals surface area contributed by atoms with Gasteiger partial charge in [-0.25, -0.2) is 0 Å². The number of nitrogens with zero attached hydrogens (tertiary/aromatic N) is 4. The summed E-state index contributed by atoms with van der Waals surface area (Å²) in [6.07, 6.45) is 5.17. The first-order chi connectivity index (χ1) is 11.9. The van der Waals surface area contributed by atoms with Crippen molar-refractivity contribution in [2.45, 2.75) is 65.6 Å². The van der Waals surface area contributed by atoms with Crippen LogP contribution in [0.5, 0.6) is 0 Å². The second-order valence-electron chi connectivity index (χ2n) is 6.85. The van der Waals surface area contributed by atoms with Gasteiger partial charge in [-0.05, 0) is 47.0 Å². The predicted molar refractivity (Wildman–Crippen MR) is 97.5 cm³/mol. The first kappa shape index (κ1) is 17.7. The number of carbonyl (C=O) groups excluding carboxylic acids is 1. The van der Waals surface area contributed by atoms with Gasteiger partial charge < -0.3 is 5.32 Å². The maximum Gasteiger partial charge on any atom is 0.241 e. The maximum absolute atomic E-state index is 12.6. The molecule has 2 aromatic rings. The number of hydrogen-bond acceptors (Lipinski definition) is 4. The molecule has 0 saturated carbocycles. The number of rotatable bonds is 5. The Balaban J connectivity index is 1.69. The van der Waals surface area contributed by atoms with Crippen molar-refractivity contribution in [3.05, 3.63) is 28.8 Å². The molecular weight excluding hydrogens is 316 g/mol. The number of nitrogens with one attached hydrogen (secondary N) is 2. The van der Waals surface area contributed by atoms with Crippen LogP contribution in [0, 0.1) is 13.8 Å². The van der Waals surface area contributed by atoms with E-state index in [2.05, 4.69) is 32.4 Å². The van der Waals surface area contributed by atoms with Crippen molar-refractivity contribution in [3.8, 4) is 0 Å². The molecule has 0 radical (unpaired) electrons. The third kappa shape index (κ3) is 3.33.